The molecule has 5 heteroatoms. The zero-order valence-electron chi connectivity index (χ0n) is 12.1. The largest absolute Gasteiger partial charge is 0.493 e. The highest BCUT2D eigenvalue weighted by Crippen LogP contribution is 2.41. The van der Waals surface area contributed by atoms with E-state index in [2.05, 4.69) is 0 Å². The predicted octanol–water partition coefficient (Wildman–Crippen LogP) is 3.82. The van der Waals surface area contributed by atoms with Crippen molar-refractivity contribution in [3.8, 4) is 22.8 Å². The highest BCUT2D eigenvalue weighted by molar-refractivity contribution is 6.06. The van der Waals surface area contributed by atoms with Crippen LogP contribution in [-0.4, -0.2) is 25.3 Å². The first-order valence-corrected chi connectivity index (χ1v) is 6.63. The van der Waals surface area contributed by atoms with E-state index in [9.17, 15) is 9.90 Å². The number of fused-ring (bicyclic) bond motifs is 1. The number of hydrogen-bond donors (Lipinski definition) is 1. The molecule has 0 unspecified atom stereocenters. The molecule has 0 aliphatic heterocycles. The van der Waals surface area contributed by atoms with Gasteiger partial charge >= 0.3 is 5.97 Å². The van der Waals surface area contributed by atoms with E-state index >= 15 is 0 Å². The monoisotopic (exact) mass is 298 g/mol. The Hall–Kier alpha value is -2.95. The minimum absolute atomic E-state index is 0.110. The number of methoxy groups -OCH3 is 2. The molecule has 0 aliphatic rings. The molecule has 2 aromatic carbocycles. The summed E-state index contributed by atoms with van der Waals surface area (Å²) in [5, 5.41) is 9.88. The highest BCUT2D eigenvalue weighted by Gasteiger charge is 2.22. The van der Waals surface area contributed by atoms with Gasteiger partial charge in [0.2, 0.25) is 5.75 Å². The van der Waals surface area contributed by atoms with Crippen LogP contribution < -0.4 is 9.47 Å². The van der Waals surface area contributed by atoms with E-state index in [-0.39, 0.29) is 5.56 Å². The Balaban J connectivity index is 2.33. The van der Waals surface area contributed by atoms with Gasteiger partial charge in [-0.25, -0.2) is 4.79 Å². The van der Waals surface area contributed by atoms with Gasteiger partial charge in [-0.05, 0) is 12.1 Å². The molecule has 0 radical (unpaired) electrons. The second kappa shape index (κ2) is 5.44. The SMILES string of the molecule is COc1cc(C(=O)O)c2cc(-c3ccccc3)oc2c1OC. The molecule has 1 heterocycles. The Labute approximate surface area is 126 Å². The maximum absolute atomic E-state index is 11.5. The Morgan fingerprint density at radius 2 is 1.82 bits per heavy atom. The third-order valence-corrected chi connectivity index (χ3v) is 3.44. The van der Waals surface area contributed by atoms with Gasteiger partial charge in [0, 0.05) is 10.9 Å². The van der Waals surface area contributed by atoms with Crippen LogP contribution in [0.2, 0.25) is 0 Å². The number of carboxylic acid groups (broad SMARTS) is 1. The van der Waals surface area contributed by atoms with Crippen molar-refractivity contribution < 1.29 is 23.8 Å². The van der Waals surface area contributed by atoms with E-state index in [1.807, 2.05) is 30.3 Å². The lowest BCUT2D eigenvalue weighted by Crippen LogP contribution is -1.99. The number of ether oxygens (including phenoxy) is 2. The Morgan fingerprint density at radius 1 is 1.09 bits per heavy atom. The number of carbonyl (C=O) groups is 1. The summed E-state index contributed by atoms with van der Waals surface area (Å²) >= 11 is 0. The minimum atomic E-state index is -1.05. The van der Waals surface area contributed by atoms with Gasteiger partial charge in [-0.15, -0.1) is 0 Å². The third kappa shape index (κ3) is 2.16. The number of aromatic carboxylic acids is 1. The van der Waals surface area contributed by atoms with Crippen molar-refractivity contribution in [1.82, 2.24) is 0 Å². The van der Waals surface area contributed by atoms with Crippen LogP contribution in [-0.2, 0) is 0 Å². The molecular weight excluding hydrogens is 284 g/mol. The van der Waals surface area contributed by atoms with Crippen molar-refractivity contribution in [2.45, 2.75) is 0 Å². The predicted molar refractivity (Wildman–Crippen MR) is 81.7 cm³/mol. The molecule has 112 valence electrons. The Bertz CT molecular complexity index is 833. The molecule has 0 saturated carbocycles. The van der Waals surface area contributed by atoms with Crippen LogP contribution in [0.4, 0.5) is 0 Å². The molecule has 1 aromatic heterocycles. The Morgan fingerprint density at radius 3 is 2.41 bits per heavy atom. The summed E-state index contributed by atoms with van der Waals surface area (Å²) in [6.07, 6.45) is 0. The van der Waals surface area contributed by atoms with E-state index in [1.165, 1.54) is 20.3 Å². The summed E-state index contributed by atoms with van der Waals surface area (Å²) < 4.78 is 16.4. The van der Waals surface area contributed by atoms with Gasteiger partial charge in [0.05, 0.1) is 19.8 Å². The van der Waals surface area contributed by atoms with Crippen LogP contribution in [0.5, 0.6) is 11.5 Å². The van der Waals surface area contributed by atoms with E-state index in [4.69, 9.17) is 13.9 Å². The molecule has 0 aliphatic carbocycles. The summed E-state index contributed by atoms with van der Waals surface area (Å²) in [6.45, 7) is 0. The zero-order chi connectivity index (χ0) is 15.7. The first kappa shape index (κ1) is 14.0. The molecule has 0 amide bonds. The molecule has 0 fully saturated rings. The average molecular weight is 298 g/mol. The summed E-state index contributed by atoms with van der Waals surface area (Å²) in [4.78, 5) is 11.5. The van der Waals surface area contributed by atoms with Gasteiger partial charge in [0.1, 0.15) is 5.76 Å². The fourth-order valence-corrected chi connectivity index (χ4v) is 2.41. The third-order valence-electron chi connectivity index (χ3n) is 3.44. The molecule has 0 saturated heterocycles. The second-order valence-electron chi connectivity index (χ2n) is 4.68. The van der Waals surface area contributed by atoms with Gasteiger partial charge < -0.3 is 19.0 Å². The van der Waals surface area contributed by atoms with Gasteiger partial charge in [-0.2, -0.15) is 0 Å². The number of hydrogen-bond acceptors (Lipinski definition) is 4. The van der Waals surface area contributed by atoms with E-state index in [1.54, 1.807) is 6.07 Å². The lowest BCUT2D eigenvalue weighted by molar-refractivity contribution is 0.0698. The summed E-state index contributed by atoms with van der Waals surface area (Å²) in [5.41, 5.74) is 1.33. The standard InChI is InChI=1S/C17H14O5/c1-20-14-9-12(17(18)19)11-8-13(10-6-4-3-5-7-10)22-15(11)16(14)21-2/h3-9H,1-2H3,(H,18,19). The molecule has 0 spiro atoms. The van der Waals surface area contributed by atoms with Crippen LogP contribution in [0.15, 0.2) is 46.9 Å². The van der Waals surface area contributed by atoms with Crippen LogP contribution in [0.25, 0.3) is 22.3 Å². The molecule has 3 rings (SSSR count). The Kier molecular flexibility index (Phi) is 3.47. The number of rotatable bonds is 4. The second-order valence-corrected chi connectivity index (χ2v) is 4.68. The lowest BCUT2D eigenvalue weighted by atomic mass is 10.1. The van der Waals surface area contributed by atoms with Gasteiger partial charge in [0.25, 0.3) is 0 Å². The van der Waals surface area contributed by atoms with Crippen molar-refractivity contribution in [3.63, 3.8) is 0 Å². The smallest absolute Gasteiger partial charge is 0.336 e. The highest BCUT2D eigenvalue weighted by atomic mass is 16.5. The first-order chi connectivity index (χ1) is 10.7. The van der Waals surface area contributed by atoms with Crippen LogP contribution in [0.3, 0.4) is 0 Å². The molecule has 22 heavy (non-hydrogen) atoms. The zero-order valence-corrected chi connectivity index (χ0v) is 12.1. The molecule has 1 N–H and O–H groups in total. The van der Waals surface area contributed by atoms with E-state index in [0.29, 0.717) is 28.2 Å². The lowest BCUT2D eigenvalue weighted by Gasteiger charge is -2.09. The number of furan rings is 1. The quantitative estimate of drug-likeness (QED) is 0.793. The molecule has 0 atom stereocenters. The van der Waals surface area contributed by atoms with Crippen LogP contribution in [0.1, 0.15) is 10.4 Å². The van der Waals surface area contributed by atoms with Crippen LogP contribution in [0, 0.1) is 0 Å². The van der Waals surface area contributed by atoms with Crippen molar-refractivity contribution in [2.24, 2.45) is 0 Å². The maximum Gasteiger partial charge on any atom is 0.336 e. The van der Waals surface area contributed by atoms with Crippen molar-refractivity contribution in [2.75, 3.05) is 14.2 Å². The fraction of sp³-hybridized carbons (Fsp3) is 0.118. The topological polar surface area (TPSA) is 68.9 Å². The van der Waals surface area contributed by atoms with Gasteiger partial charge in [-0.3, -0.25) is 0 Å². The molecule has 0 bridgehead atoms. The van der Waals surface area contributed by atoms with Crippen molar-refractivity contribution >= 4 is 16.9 Å². The number of benzene rings is 2. The van der Waals surface area contributed by atoms with Gasteiger partial charge in [0.15, 0.2) is 11.3 Å². The maximum atomic E-state index is 11.5. The summed E-state index contributed by atoms with van der Waals surface area (Å²) in [7, 11) is 2.94. The normalized spacial score (nSPS) is 10.6. The fourth-order valence-electron chi connectivity index (χ4n) is 2.41. The molecular formula is C17H14O5. The summed E-state index contributed by atoms with van der Waals surface area (Å²) in [5.74, 6) is 0.224. The minimum Gasteiger partial charge on any atom is -0.493 e. The van der Waals surface area contributed by atoms with E-state index in [0.717, 1.165) is 5.56 Å². The number of carboxylic acids is 1. The van der Waals surface area contributed by atoms with Crippen molar-refractivity contribution in [3.05, 3.63) is 48.0 Å². The van der Waals surface area contributed by atoms with Gasteiger partial charge in [-0.1, -0.05) is 30.3 Å². The van der Waals surface area contributed by atoms with Crippen LogP contribution >= 0.6 is 0 Å². The van der Waals surface area contributed by atoms with Crippen molar-refractivity contribution in [1.29, 1.82) is 0 Å². The summed E-state index contributed by atoms with van der Waals surface area (Å²) in [6, 6.07) is 12.6. The first-order valence-electron chi connectivity index (χ1n) is 6.63. The average Bonchev–Trinajstić information content (AvgIpc) is 2.98. The molecule has 5 nitrogen and oxygen atoms in total. The van der Waals surface area contributed by atoms with E-state index < -0.39 is 5.97 Å². The molecule has 3 aromatic rings.